The van der Waals surface area contributed by atoms with E-state index >= 15 is 0 Å². The van der Waals surface area contributed by atoms with Gasteiger partial charge in [-0.1, -0.05) is 23.7 Å². The molecule has 1 fully saturated rings. The number of carbonyl (C=O) groups excluding carboxylic acids is 2. The van der Waals surface area contributed by atoms with Crippen molar-refractivity contribution in [3.63, 3.8) is 0 Å². The average Bonchev–Trinajstić information content (AvgIpc) is 2.68. The van der Waals surface area contributed by atoms with Crippen molar-refractivity contribution in [1.29, 1.82) is 0 Å². The van der Waals surface area contributed by atoms with Crippen LogP contribution >= 0.6 is 11.6 Å². The van der Waals surface area contributed by atoms with Crippen LogP contribution in [0.2, 0.25) is 5.02 Å². The maximum absolute atomic E-state index is 13.6. The Bertz CT molecular complexity index is 854. The zero-order valence-corrected chi connectivity index (χ0v) is 16.3. The Kier molecular flexibility index (Phi) is 6.14. The van der Waals surface area contributed by atoms with Crippen LogP contribution in [0.4, 0.5) is 10.2 Å². The Morgan fingerprint density at radius 2 is 2.00 bits per heavy atom. The molecule has 0 saturated carbocycles. The predicted octanol–water partition coefficient (Wildman–Crippen LogP) is 2.78. The molecular formula is C20H22ClFN4O2. The van der Waals surface area contributed by atoms with Crippen LogP contribution in [0, 0.1) is 11.7 Å². The van der Waals surface area contributed by atoms with E-state index in [0.717, 1.165) is 5.82 Å². The van der Waals surface area contributed by atoms with Crippen molar-refractivity contribution in [2.75, 3.05) is 25.0 Å². The second-order valence-electron chi connectivity index (χ2n) is 6.90. The summed E-state index contributed by atoms with van der Waals surface area (Å²) in [7, 11) is 1.54. The molecule has 1 saturated heterocycles. The normalized spacial score (nSPS) is 15.9. The fourth-order valence-corrected chi connectivity index (χ4v) is 3.69. The predicted molar refractivity (Wildman–Crippen MR) is 105 cm³/mol. The zero-order valence-electron chi connectivity index (χ0n) is 15.5. The monoisotopic (exact) mass is 404 g/mol. The van der Waals surface area contributed by atoms with Crippen molar-refractivity contribution in [3.05, 3.63) is 59.0 Å². The van der Waals surface area contributed by atoms with Gasteiger partial charge in [0.05, 0.1) is 5.02 Å². The summed E-state index contributed by atoms with van der Waals surface area (Å²) >= 11 is 5.87. The quantitative estimate of drug-likeness (QED) is 0.831. The molecule has 2 amide bonds. The number of nitrogens with zero attached hydrogens (tertiary/aromatic N) is 3. The van der Waals surface area contributed by atoms with Gasteiger partial charge in [-0.05, 0) is 42.7 Å². The lowest BCUT2D eigenvalue weighted by Crippen LogP contribution is -2.45. The first-order valence-corrected chi connectivity index (χ1v) is 9.42. The van der Waals surface area contributed by atoms with Gasteiger partial charge in [0.15, 0.2) is 0 Å². The number of benzene rings is 1. The van der Waals surface area contributed by atoms with E-state index in [4.69, 9.17) is 17.3 Å². The third-order valence-electron chi connectivity index (χ3n) is 5.05. The smallest absolute Gasteiger partial charge is 0.244 e. The standard InChI is InChI=1S/C20H22ClFN4O2/c1-25(18(19(23)27)14-3-2-4-16(22)11-14)20(28)13-7-9-26(10-8-13)17-6-5-15(21)12-24-17/h2-6,11-13,18H,7-10H2,1H3,(H2,23,27). The highest BCUT2D eigenvalue weighted by Crippen LogP contribution is 2.27. The number of aromatic nitrogens is 1. The summed E-state index contributed by atoms with van der Waals surface area (Å²) in [5.74, 6) is -0.753. The maximum atomic E-state index is 13.6. The van der Waals surface area contributed by atoms with E-state index in [0.29, 0.717) is 36.5 Å². The van der Waals surface area contributed by atoms with Gasteiger partial charge in [0.25, 0.3) is 0 Å². The highest BCUT2D eigenvalue weighted by atomic mass is 35.5. The minimum absolute atomic E-state index is 0.170. The van der Waals surface area contributed by atoms with Crippen molar-refractivity contribution >= 4 is 29.2 Å². The van der Waals surface area contributed by atoms with Crippen LogP contribution in [0.25, 0.3) is 0 Å². The number of hydrogen-bond acceptors (Lipinski definition) is 4. The summed E-state index contributed by atoms with van der Waals surface area (Å²) < 4.78 is 13.6. The van der Waals surface area contributed by atoms with Gasteiger partial charge in [-0.2, -0.15) is 0 Å². The fraction of sp³-hybridized carbons (Fsp3) is 0.350. The molecule has 1 aromatic carbocycles. The van der Waals surface area contributed by atoms with Crippen molar-refractivity contribution in [1.82, 2.24) is 9.88 Å². The zero-order chi connectivity index (χ0) is 20.3. The molecule has 1 aromatic heterocycles. The average molecular weight is 405 g/mol. The molecule has 0 aliphatic carbocycles. The molecule has 3 rings (SSSR count). The Morgan fingerprint density at radius 3 is 2.57 bits per heavy atom. The third-order valence-corrected chi connectivity index (χ3v) is 5.27. The first kappa shape index (κ1) is 20.1. The summed E-state index contributed by atoms with van der Waals surface area (Å²) in [5, 5.41) is 0.574. The molecule has 148 valence electrons. The Morgan fingerprint density at radius 1 is 1.29 bits per heavy atom. The van der Waals surface area contributed by atoms with Crippen LogP contribution in [0.15, 0.2) is 42.6 Å². The molecule has 2 N–H and O–H groups in total. The first-order valence-electron chi connectivity index (χ1n) is 9.05. The van der Waals surface area contributed by atoms with E-state index < -0.39 is 17.8 Å². The topological polar surface area (TPSA) is 79.5 Å². The van der Waals surface area contributed by atoms with Crippen molar-refractivity contribution in [2.45, 2.75) is 18.9 Å². The molecule has 1 unspecified atom stereocenters. The van der Waals surface area contributed by atoms with Crippen molar-refractivity contribution in [3.8, 4) is 0 Å². The van der Waals surface area contributed by atoms with Gasteiger partial charge in [-0.3, -0.25) is 9.59 Å². The van der Waals surface area contributed by atoms with Gasteiger partial charge in [-0.25, -0.2) is 9.37 Å². The lowest BCUT2D eigenvalue weighted by atomic mass is 9.94. The van der Waals surface area contributed by atoms with Gasteiger partial charge in [0.2, 0.25) is 11.8 Å². The highest BCUT2D eigenvalue weighted by molar-refractivity contribution is 6.30. The second-order valence-corrected chi connectivity index (χ2v) is 7.34. The Balaban J connectivity index is 1.67. The van der Waals surface area contributed by atoms with Crippen molar-refractivity contribution in [2.24, 2.45) is 11.7 Å². The molecule has 0 spiro atoms. The molecule has 0 bridgehead atoms. The molecule has 8 heteroatoms. The number of amides is 2. The third kappa shape index (κ3) is 4.42. The van der Waals surface area contributed by atoms with E-state index in [1.54, 1.807) is 18.3 Å². The number of nitrogens with two attached hydrogens (primary N) is 1. The minimum atomic E-state index is -1.00. The van der Waals surface area contributed by atoms with Crippen LogP contribution in [0.1, 0.15) is 24.4 Å². The van der Waals surface area contributed by atoms with Crippen LogP contribution in [-0.4, -0.2) is 41.8 Å². The van der Waals surface area contributed by atoms with Gasteiger partial charge in [0.1, 0.15) is 17.7 Å². The van der Waals surface area contributed by atoms with Gasteiger partial charge >= 0.3 is 0 Å². The molecule has 1 atom stereocenters. The van der Waals surface area contributed by atoms with Gasteiger partial charge in [0, 0.05) is 32.3 Å². The fourth-order valence-electron chi connectivity index (χ4n) is 3.58. The van der Waals surface area contributed by atoms with Gasteiger partial charge < -0.3 is 15.5 Å². The Labute approximate surface area is 168 Å². The summed E-state index contributed by atoms with van der Waals surface area (Å²) in [4.78, 5) is 32.7. The number of halogens is 2. The van der Waals surface area contributed by atoms with Crippen LogP contribution < -0.4 is 10.6 Å². The molecule has 0 radical (unpaired) electrons. The number of primary amides is 1. The van der Waals surface area contributed by atoms with E-state index in [1.807, 2.05) is 6.07 Å². The van der Waals surface area contributed by atoms with E-state index in [2.05, 4.69) is 9.88 Å². The number of hydrogen-bond donors (Lipinski definition) is 1. The van der Waals surface area contributed by atoms with Crippen LogP contribution in [0.3, 0.4) is 0 Å². The van der Waals surface area contributed by atoms with E-state index in [9.17, 15) is 14.0 Å². The number of anilines is 1. The number of pyridine rings is 1. The second kappa shape index (κ2) is 8.56. The van der Waals surface area contributed by atoms with E-state index in [1.165, 1.54) is 30.1 Å². The van der Waals surface area contributed by atoms with E-state index in [-0.39, 0.29) is 11.8 Å². The van der Waals surface area contributed by atoms with Crippen LogP contribution in [0.5, 0.6) is 0 Å². The Hall–Kier alpha value is -2.67. The van der Waals surface area contributed by atoms with Crippen LogP contribution in [-0.2, 0) is 9.59 Å². The number of carbonyl (C=O) groups is 2. The molecule has 1 aliphatic heterocycles. The molecule has 2 aromatic rings. The summed E-state index contributed by atoms with van der Waals surface area (Å²) in [6, 6.07) is 8.24. The van der Waals surface area contributed by atoms with Gasteiger partial charge in [-0.15, -0.1) is 0 Å². The lowest BCUT2D eigenvalue weighted by molar-refractivity contribution is -0.141. The number of rotatable bonds is 5. The SMILES string of the molecule is CN(C(=O)C1CCN(c2ccc(Cl)cn2)CC1)C(C(N)=O)c1cccc(F)c1. The molecule has 1 aliphatic rings. The highest BCUT2D eigenvalue weighted by Gasteiger charge is 2.33. The first-order chi connectivity index (χ1) is 13.4. The summed E-state index contributed by atoms with van der Waals surface area (Å²) in [6.07, 6.45) is 2.85. The maximum Gasteiger partial charge on any atom is 0.244 e. The molecule has 28 heavy (non-hydrogen) atoms. The number of piperidine rings is 1. The molecular weight excluding hydrogens is 383 g/mol. The summed E-state index contributed by atoms with van der Waals surface area (Å²) in [5.41, 5.74) is 5.88. The lowest BCUT2D eigenvalue weighted by Gasteiger charge is -2.35. The molecule has 6 nitrogen and oxygen atoms in total. The number of likely N-dealkylation sites (N-methyl/N-ethyl adjacent to an activating group) is 1. The minimum Gasteiger partial charge on any atom is -0.368 e. The summed E-state index contributed by atoms with van der Waals surface area (Å²) in [6.45, 7) is 1.33. The largest absolute Gasteiger partial charge is 0.368 e. The molecule has 2 heterocycles. The van der Waals surface area contributed by atoms with Crippen molar-refractivity contribution < 1.29 is 14.0 Å².